The van der Waals surface area contributed by atoms with Crippen LogP contribution in [0.3, 0.4) is 0 Å². The normalized spacial score (nSPS) is 12.8. The smallest absolute Gasteiger partial charge is 0.407 e. The second-order valence-corrected chi connectivity index (χ2v) is 8.49. The molecule has 3 aromatic rings. The van der Waals surface area contributed by atoms with Gasteiger partial charge in [-0.3, -0.25) is 9.36 Å². The van der Waals surface area contributed by atoms with E-state index in [4.69, 9.17) is 9.84 Å². The molecule has 0 unspecified atom stereocenters. The Hall–Kier alpha value is -3.39. The Bertz CT molecular complexity index is 1210. The molecule has 0 saturated carbocycles. The molecule has 2 aromatic heterocycles. The molecule has 0 fully saturated rings. The van der Waals surface area contributed by atoms with Crippen molar-refractivity contribution in [1.82, 2.24) is 14.5 Å². The van der Waals surface area contributed by atoms with Gasteiger partial charge in [-0.25, -0.2) is 9.78 Å². The van der Waals surface area contributed by atoms with Gasteiger partial charge in [-0.05, 0) is 48.6 Å². The fourth-order valence-corrected chi connectivity index (χ4v) is 4.25. The summed E-state index contributed by atoms with van der Waals surface area (Å²) in [6.07, 6.45) is 4.33. The zero-order valence-corrected chi connectivity index (χ0v) is 18.2. The Morgan fingerprint density at radius 1 is 1.29 bits per heavy atom. The van der Waals surface area contributed by atoms with Crippen LogP contribution < -0.4 is 10.3 Å². The number of carboxylic acid groups (broad SMARTS) is 1. The average molecular weight is 438 g/mol. The van der Waals surface area contributed by atoms with Gasteiger partial charge < -0.3 is 14.7 Å². The molecule has 1 aromatic carbocycles. The lowest BCUT2D eigenvalue weighted by molar-refractivity contribution is 0.153. The number of aromatic nitrogens is 2. The van der Waals surface area contributed by atoms with Gasteiger partial charge in [-0.2, -0.15) is 0 Å². The van der Waals surface area contributed by atoms with E-state index in [2.05, 4.69) is 4.98 Å². The number of nitrogens with zero attached hydrogens (tertiary/aromatic N) is 3. The summed E-state index contributed by atoms with van der Waals surface area (Å²) in [4.78, 5) is 29.3. The van der Waals surface area contributed by atoms with Gasteiger partial charge in [0.05, 0.1) is 0 Å². The molecular weight excluding hydrogens is 414 g/mol. The van der Waals surface area contributed by atoms with Gasteiger partial charge in [0.1, 0.15) is 17.4 Å². The van der Waals surface area contributed by atoms with E-state index in [-0.39, 0.29) is 5.56 Å². The summed E-state index contributed by atoms with van der Waals surface area (Å²) in [5.74, 6) is 0.526. The third-order valence-electron chi connectivity index (χ3n) is 5.16. The Morgan fingerprint density at radius 3 is 2.84 bits per heavy atom. The van der Waals surface area contributed by atoms with Crippen LogP contribution in [0.2, 0.25) is 0 Å². The van der Waals surface area contributed by atoms with Gasteiger partial charge >= 0.3 is 6.09 Å². The van der Waals surface area contributed by atoms with Gasteiger partial charge in [-0.1, -0.05) is 18.2 Å². The van der Waals surface area contributed by atoms with Crippen LogP contribution in [0.25, 0.3) is 11.8 Å². The fourth-order valence-electron chi connectivity index (χ4n) is 3.56. The van der Waals surface area contributed by atoms with Crippen LogP contribution in [-0.4, -0.2) is 32.7 Å². The molecule has 0 saturated heterocycles. The number of carbonyl (C=O) groups is 1. The van der Waals surface area contributed by atoms with Crippen molar-refractivity contribution >= 4 is 29.2 Å². The highest BCUT2D eigenvalue weighted by molar-refractivity contribution is 7.09. The first-order valence-electron chi connectivity index (χ1n) is 9.92. The number of hydrogen-bond acceptors (Lipinski definition) is 5. The molecule has 7 nitrogen and oxygen atoms in total. The second kappa shape index (κ2) is 8.77. The van der Waals surface area contributed by atoms with Crippen molar-refractivity contribution in [3.05, 3.63) is 79.7 Å². The number of fused-ring (bicyclic) bond motifs is 1. The molecule has 160 valence electrons. The lowest BCUT2D eigenvalue weighted by Gasteiger charge is -2.20. The van der Waals surface area contributed by atoms with E-state index in [1.54, 1.807) is 23.9 Å². The fraction of sp³-hybridized carbons (Fsp3) is 0.261. The topological polar surface area (TPSA) is 84.7 Å². The Kier molecular flexibility index (Phi) is 5.90. The molecule has 0 atom stereocenters. The van der Waals surface area contributed by atoms with Crippen molar-refractivity contribution in [2.45, 2.75) is 32.9 Å². The number of ether oxygens (including phenoxy) is 1. The average Bonchev–Trinajstić information content (AvgIpc) is 3.17. The summed E-state index contributed by atoms with van der Waals surface area (Å²) < 4.78 is 7.36. The van der Waals surface area contributed by atoms with E-state index in [1.807, 2.05) is 36.6 Å². The number of benzene rings is 1. The highest BCUT2D eigenvalue weighted by Gasteiger charge is 2.15. The zero-order chi connectivity index (χ0) is 22.0. The van der Waals surface area contributed by atoms with E-state index in [0.717, 1.165) is 45.9 Å². The molecule has 1 amide bonds. The van der Waals surface area contributed by atoms with Gasteiger partial charge in [0.15, 0.2) is 0 Å². The summed E-state index contributed by atoms with van der Waals surface area (Å²) in [5, 5.41) is 11.9. The van der Waals surface area contributed by atoms with E-state index in [9.17, 15) is 9.59 Å². The molecule has 0 radical (unpaired) electrons. The highest BCUT2D eigenvalue weighted by atomic mass is 32.1. The van der Waals surface area contributed by atoms with Crippen LogP contribution >= 0.6 is 11.3 Å². The number of amides is 1. The van der Waals surface area contributed by atoms with Crippen molar-refractivity contribution < 1.29 is 14.6 Å². The highest BCUT2D eigenvalue weighted by Crippen LogP contribution is 2.27. The van der Waals surface area contributed by atoms with Gasteiger partial charge in [0, 0.05) is 42.6 Å². The second-order valence-electron chi connectivity index (χ2n) is 7.55. The molecule has 1 aliphatic rings. The number of thiazole rings is 1. The standard InChI is InChI=1S/C23H23N3O4S/c1-15-14-31-21(24-15)13-30-20-7-8-26(22(27)11-20)19-6-5-17-9-16(3-4-18(17)10-19)12-25(2)23(28)29/h3-4,7-11,14H,5-6,12-13H2,1-2H3,(H,28,29). The Morgan fingerprint density at radius 2 is 2.13 bits per heavy atom. The number of allylic oxidation sites excluding steroid dienone is 1. The molecule has 1 N–H and O–H groups in total. The van der Waals surface area contributed by atoms with E-state index in [0.29, 0.717) is 18.9 Å². The monoisotopic (exact) mass is 437 g/mol. The molecule has 0 bridgehead atoms. The minimum Gasteiger partial charge on any atom is -0.486 e. The first kappa shape index (κ1) is 20.9. The number of hydrogen-bond donors (Lipinski definition) is 1. The van der Waals surface area contributed by atoms with Crippen molar-refractivity contribution in [1.29, 1.82) is 0 Å². The maximum absolute atomic E-state index is 12.7. The SMILES string of the molecule is Cc1csc(COc2ccn(C3=Cc4ccc(CN(C)C(=O)O)cc4CC3)c(=O)c2)n1. The quantitative estimate of drug-likeness (QED) is 0.623. The summed E-state index contributed by atoms with van der Waals surface area (Å²) >= 11 is 1.54. The van der Waals surface area contributed by atoms with Gasteiger partial charge in [-0.15, -0.1) is 11.3 Å². The van der Waals surface area contributed by atoms with Crippen LogP contribution in [-0.2, 0) is 19.6 Å². The summed E-state index contributed by atoms with van der Waals surface area (Å²) in [6.45, 7) is 2.63. The van der Waals surface area contributed by atoms with E-state index in [1.165, 1.54) is 22.3 Å². The van der Waals surface area contributed by atoms with Gasteiger partial charge in [0.2, 0.25) is 0 Å². The summed E-state index contributed by atoms with van der Waals surface area (Å²) in [5.41, 5.74) is 4.91. The zero-order valence-electron chi connectivity index (χ0n) is 17.4. The first-order chi connectivity index (χ1) is 14.9. The molecule has 1 aliphatic carbocycles. The summed E-state index contributed by atoms with van der Waals surface area (Å²) in [6, 6.07) is 9.25. The molecular formula is C23H23N3O4S. The number of pyridine rings is 1. The maximum Gasteiger partial charge on any atom is 0.407 e. The van der Waals surface area contributed by atoms with Crippen LogP contribution in [0.1, 0.15) is 33.8 Å². The Labute approximate surface area is 183 Å². The molecule has 0 spiro atoms. The van der Waals surface area contributed by atoms with Crippen LogP contribution in [0.4, 0.5) is 4.79 Å². The first-order valence-corrected chi connectivity index (χ1v) is 10.8. The Balaban J connectivity index is 1.49. The lowest BCUT2D eigenvalue weighted by Crippen LogP contribution is -2.24. The minimum atomic E-state index is -0.950. The molecule has 2 heterocycles. The predicted molar refractivity (Wildman–Crippen MR) is 120 cm³/mol. The third kappa shape index (κ3) is 4.86. The van der Waals surface area contributed by atoms with Crippen molar-refractivity contribution in [3.63, 3.8) is 0 Å². The molecule has 31 heavy (non-hydrogen) atoms. The van der Waals surface area contributed by atoms with Crippen molar-refractivity contribution in [3.8, 4) is 5.75 Å². The van der Waals surface area contributed by atoms with Crippen LogP contribution in [0.5, 0.6) is 5.75 Å². The number of rotatable bonds is 6. The third-order valence-corrected chi connectivity index (χ3v) is 6.10. The van der Waals surface area contributed by atoms with Crippen LogP contribution in [0.15, 0.2) is 46.7 Å². The predicted octanol–water partition coefficient (Wildman–Crippen LogP) is 4.25. The van der Waals surface area contributed by atoms with Crippen molar-refractivity contribution in [2.24, 2.45) is 0 Å². The maximum atomic E-state index is 12.7. The summed E-state index contributed by atoms with van der Waals surface area (Å²) in [7, 11) is 1.55. The molecule has 0 aliphatic heterocycles. The van der Waals surface area contributed by atoms with E-state index < -0.39 is 6.09 Å². The van der Waals surface area contributed by atoms with E-state index >= 15 is 0 Å². The minimum absolute atomic E-state index is 0.137. The van der Waals surface area contributed by atoms with Gasteiger partial charge in [0.25, 0.3) is 5.56 Å². The van der Waals surface area contributed by atoms with Crippen molar-refractivity contribution in [2.75, 3.05) is 7.05 Å². The van der Waals surface area contributed by atoms with Crippen LogP contribution in [0, 0.1) is 6.92 Å². The lowest BCUT2D eigenvalue weighted by atomic mass is 9.93. The largest absolute Gasteiger partial charge is 0.486 e. The molecule has 8 heteroatoms. The molecule has 4 rings (SSSR count). The number of aryl methyl sites for hydroxylation is 2.